The molecule has 0 aromatic carbocycles. The fraction of sp³-hybridized carbons (Fsp3) is 0.750. The highest BCUT2D eigenvalue weighted by molar-refractivity contribution is 5.78. The SMILES string of the molecule is C=CCCC(=O)CCCC.C=CCCC(C)=O.C=CCCCC(C)=O.C=CCCCCC(=O)N1CCCCC1.CCC.CCCC(C)=O.CCCC(C)=O.CCCC(C)=O.CCCCCCCC. The maximum absolute atomic E-state index is 11.7. The number of hydrogen-bond acceptors (Lipinski definition) is 7. The van der Waals surface area contributed by atoms with E-state index in [1.54, 1.807) is 46.8 Å². The molecule has 1 heterocycles. The van der Waals surface area contributed by atoms with Crippen LogP contribution in [-0.2, 0) is 33.6 Å². The summed E-state index contributed by atoms with van der Waals surface area (Å²) in [6.45, 7) is 41.1. The third-order valence-electron chi connectivity index (χ3n) is 9.10. The molecule has 0 aromatic rings. The summed E-state index contributed by atoms with van der Waals surface area (Å²) in [6.07, 6.45) is 38.2. The fourth-order valence-electron chi connectivity index (χ4n) is 5.34. The van der Waals surface area contributed by atoms with E-state index < -0.39 is 0 Å². The monoisotopic (exact) mass is 962 g/mol. The molecule has 402 valence electrons. The normalized spacial score (nSPS) is 10.3. The van der Waals surface area contributed by atoms with E-state index in [-0.39, 0.29) is 28.9 Å². The van der Waals surface area contributed by atoms with Crippen molar-refractivity contribution in [2.24, 2.45) is 0 Å². The molecular formula is C60H115NO7. The van der Waals surface area contributed by atoms with E-state index >= 15 is 0 Å². The molecule has 1 rings (SSSR count). The number of piperidine rings is 1. The van der Waals surface area contributed by atoms with Gasteiger partial charge >= 0.3 is 0 Å². The van der Waals surface area contributed by atoms with Gasteiger partial charge < -0.3 is 28.9 Å². The Morgan fingerprint density at radius 3 is 1.00 bits per heavy atom. The van der Waals surface area contributed by atoms with Gasteiger partial charge in [0.1, 0.15) is 34.7 Å². The van der Waals surface area contributed by atoms with Crippen LogP contribution in [-0.4, -0.2) is 58.6 Å². The van der Waals surface area contributed by atoms with Crippen LogP contribution in [0, 0.1) is 0 Å². The van der Waals surface area contributed by atoms with E-state index in [9.17, 15) is 33.6 Å². The number of amides is 1. The van der Waals surface area contributed by atoms with Crippen molar-refractivity contribution in [2.75, 3.05) is 13.1 Å². The van der Waals surface area contributed by atoms with Crippen LogP contribution < -0.4 is 0 Å². The van der Waals surface area contributed by atoms with E-state index in [0.29, 0.717) is 31.0 Å². The van der Waals surface area contributed by atoms with Gasteiger partial charge in [-0.05, 0) is 125 Å². The van der Waals surface area contributed by atoms with E-state index in [2.05, 4.69) is 60.9 Å². The number of rotatable bonds is 29. The van der Waals surface area contributed by atoms with Crippen LogP contribution in [0.1, 0.15) is 283 Å². The van der Waals surface area contributed by atoms with Gasteiger partial charge in [-0.1, -0.05) is 131 Å². The summed E-state index contributed by atoms with van der Waals surface area (Å²) >= 11 is 0. The molecule has 1 aliphatic rings. The van der Waals surface area contributed by atoms with Crippen LogP contribution in [0.3, 0.4) is 0 Å². The fourth-order valence-corrected chi connectivity index (χ4v) is 5.34. The lowest BCUT2D eigenvalue weighted by molar-refractivity contribution is -0.132. The van der Waals surface area contributed by atoms with E-state index in [4.69, 9.17) is 0 Å². The Balaban J connectivity index is -0.000000102. The highest BCUT2D eigenvalue weighted by Crippen LogP contribution is 2.12. The Labute approximate surface area is 423 Å². The molecule has 0 unspecified atom stereocenters. The summed E-state index contributed by atoms with van der Waals surface area (Å²) in [5, 5.41) is 0. The van der Waals surface area contributed by atoms with Gasteiger partial charge in [-0.15, -0.1) is 26.3 Å². The summed E-state index contributed by atoms with van der Waals surface area (Å²) in [7, 11) is 0. The Hall–Kier alpha value is -3.55. The maximum Gasteiger partial charge on any atom is 0.222 e. The molecule has 0 bridgehead atoms. The van der Waals surface area contributed by atoms with Crippen molar-refractivity contribution in [1.82, 2.24) is 4.90 Å². The lowest BCUT2D eigenvalue weighted by atomic mass is 10.1. The topological polar surface area (TPSA) is 123 Å². The molecule has 0 radical (unpaired) electrons. The first-order valence-corrected chi connectivity index (χ1v) is 27.0. The first-order chi connectivity index (χ1) is 32.3. The highest BCUT2D eigenvalue weighted by Gasteiger charge is 2.15. The second kappa shape index (κ2) is 77.7. The lowest BCUT2D eigenvalue weighted by Crippen LogP contribution is -2.35. The highest BCUT2D eigenvalue weighted by atomic mass is 16.2. The molecule has 1 aliphatic heterocycles. The predicted molar refractivity (Wildman–Crippen MR) is 300 cm³/mol. The van der Waals surface area contributed by atoms with Gasteiger partial charge in [0.2, 0.25) is 5.91 Å². The number of ketones is 6. The zero-order valence-electron chi connectivity index (χ0n) is 47.6. The number of Topliss-reactive ketones (excluding diaryl/α,β-unsaturated/α-hetero) is 6. The number of likely N-dealkylation sites (tertiary alicyclic amines) is 1. The van der Waals surface area contributed by atoms with Crippen LogP contribution >= 0.6 is 0 Å². The second-order valence-electron chi connectivity index (χ2n) is 17.3. The lowest BCUT2D eigenvalue weighted by Gasteiger charge is -2.26. The number of hydrogen-bond donors (Lipinski definition) is 0. The van der Waals surface area contributed by atoms with Crippen molar-refractivity contribution in [2.45, 2.75) is 283 Å². The molecule has 1 fully saturated rings. The maximum atomic E-state index is 11.7. The van der Waals surface area contributed by atoms with Gasteiger partial charge in [0.25, 0.3) is 0 Å². The zero-order valence-corrected chi connectivity index (χ0v) is 47.6. The van der Waals surface area contributed by atoms with E-state index in [1.807, 2.05) is 37.8 Å². The predicted octanol–water partition coefficient (Wildman–Crippen LogP) is 17.8. The summed E-state index contributed by atoms with van der Waals surface area (Å²) < 4.78 is 0. The van der Waals surface area contributed by atoms with Gasteiger partial charge in [0, 0.05) is 64.5 Å². The first-order valence-electron chi connectivity index (χ1n) is 27.0. The van der Waals surface area contributed by atoms with Crippen molar-refractivity contribution in [3.63, 3.8) is 0 Å². The molecule has 8 heteroatoms. The average molecular weight is 963 g/mol. The largest absolute Gasteiger partial charge is 0.343 e. The number of allylic oxidation sites excluding steroid dienone is 4. The summed E-state index contributed by atoms with van der Waals surface area (Å²) in [5.41, 5.74) is 0. The number of carbonyl (C=O) groups is 7. The van der Waals surface area contributed by atoms with Crippen LogP contribution in [0.25, 0.3) is 0 Å². The molecule has 0 aliphatic carbocycles. The van der Waals surface area contributed by atoms with Crippen LogP contribution in [0.2, 0.25) is 0 Å². The van der Waals surface area contributed by atoms with Crippen LogP contribution in [0.5, 0.6) is 0 Å². The minimum atomic E-state index is 0.236. The quantitative estimate of drug-likeness (QED) is 0.0540. The molecule has 0 aromatic heterocycles. The molecule has 1 amide bonds. The minimum Gasteiger partial charge on any atom is -0.343 e. The van der Waals surface area contributed by atoms with E-state index in [1.165, 1.54) is 64.2 Å². The van der Waals surface area contributed by atoms with Crippen molar-refractivity contribution >= 4 is 40.6 Å². The minimum absolute atomic E-state index is 0.236. The molecule has 0 saturated carbocycles. The Kier molecular flexibility index (Phi) is 93.0. The average Bonchev–Trinajstić information content (AvgIpc) is 3.29. The smallest absolute Gasteiger partial charge is 0.222 e. The van der Waals surface area contributed by atoms with Crippen LogP contribution in [0.15, 0.2) is 50.6 Å². The second-order valence-corrected chi connectivity index (χ2v) is 17.3. The van der Waals surface area contributed by atoms with Gasteiger partial charge in [0.15, 0.2) is 0 Å². The molecule has 8 nitrogen and oxygen atoms in total. The third kappa shape index (κ3) is 114. The summed E-state index contributed by atoms with van der Waals surface area (Å²) in [6, 6.07) is 0. The Morgan fingerprint density at radius 1 is 0.353 bits per heavy atom. The Bertz CT molecular complexity index is 1110. The molecule has 0 atom stereocenters. The van der Waals surface area contributed by atoms with Gasteiger partial charge in [-0.3, -0.25) is 9.59 Å². The third-order valence-corrected chi connectivity index (χ3v) is 9.10. The van der Waals surface area contributed by atoms with Gasteiger partial charge in [-0.2, -0.15) is 0 Å². The molecule has 68 heavy (non-hydrogen) atoms. The van der Waals surface area contributed by atoms with E-state index in [0.717, 1.165) is 122 Å². The van der Waals surface area contributed by atoms with Crippen molar-refractivity contribution < 1.29 is 33.6 Å². The number of carbonyl (C=O) groups excluding carboxylic acids is 7. The van der Waals surface area contributed by atoms with Gasteiger partial charge in [0.05, 0.1) is 0 Å². The zero-order chi connectivity index (χ0) is 54.1. The standard InChI is InChI=1S/C12H21NO.C9H16O.C8H18.C7H12O.C6H10O.3C5H10O.C3H8/c1-2-3-4-6-9-12(14)13-10-7-5-8-11-13;1-3-5-7-9(10)8-6-4-2;1-3-5-7-8-6-4-2;1-3-4-5-6-7(2)8;1-3-4-5-6(2)7;3*1-3-4-5(2)6;1-3-2/h2H,1,3-11H2;3H,1,4-8H2,2H3;3-8H2,1-2H3;3H,1,4-6H2,2H3;3H,1,4-5H2,2H3;3*3-4H2,1-2H3;3H2,1-2H3. The molecule has 0 N–H and O–H groups in total. The summed E-state index contributed by atoms with van der Waals surface area (Å²) in [4.78, 5) is 75.2. The number of nitrogens with zero attached hydrogens (tertiary/aromatic N) is 1. The Morgan fingerprint density at radius 2 is 0.706 bits per heavy atom. The first kappa shape index (κ1) is 81.4. The van der Waals surface area contributed by atoms with Gasteiger partial charge in [-0.25, -0.2) is 0 Å². The molecule has 0 spiro atoms. The summed E-state index contributed by atoms with van der Waals surface area (Å²) in [5.74, 6) is 2.11. The van der Waals surface area contributed by atoms with Crippen molar-refractivity contribution in [3.8, 4) is 0 Å². The molecular weight excluding hydrogens is 847 g/mol. The van der Waals surface area contributed by atoms with Crippen LogP contribution in [0.4, 0.5) is 0 Å². The number of unbranched alkanes of at least 4 members (excludes halogenated alkanes) is 9. The molecule has 1 saturated heterocycles. The van der Waals surface area contributed by atoms with Crippen molar-refractivity contribution in [3.05, 3.63) is 50.6 Å². The van der Waals surface area contributed by atoms with Crippen molar-refractivity contribution in [1.29, 1.82) is 0 Å².